The van der Waals surface area contributed by atoms with E-state index in [0.29, 0.717) is 12.8 Å². The predicted molar refractivity (Wildman–Crippen MR) is 197 cm³/mol. The zero-order chi connectivity index (χ0) is 33.1. The van der Waals surface area contributed by atoms with Crippen molar-refractivity contribution in [3.8, 4) is 0 Å². The second-order valence-electron chi connectivity index (χ2n) is 12.6. The number of thioether (sulfide) groups is 1. The third-order valence-corrected chi connectivity index (χ3v) is 11.1. The molecule has 3 aromatic rings. The summed E-state index contributed by atoms with van der Waals surface area (Å²) in [6, 6.07) is 17.5. The first-order chi connectivity index (χ1) is 23.0. The Balaban J connectivity index is 1.27. The highest BCUT2D eigenvalue weighted by Gasteiger charge is 2.24. The lowest BCUT2D eigenvalue weighted by Gasteiger charge is -2.20. The van der Waals surface area contributed by atoms with Gasteiger partial charge in [0, 0.05) is 42.8 Å². The molecule has 0 saturated heterocycles. The van der Waals surface area contributed by atoms with E-state index in [0.717, 1.165) is 64.5 Å². The molecule has 0 aliphatic carbocycles. The fourth-order valence-electron chi connectivity index (χ4n) is 6.24. The summed E-state index contributed by atoms with van der Waals surface area (Å²) in [6.07, 6.45) is 25.4. The molecule has 0 unspecified atom stereocenters. The number of aromatic nitrogens is 1. The zero-order valence-electron chi connectivity index (χ0n) is 27.9. The van der Waals surface area contributed by atoms with E-state index in [4.69, 9.17) is 10.2 Å². The number of fused-ring (bicyclic) bond motifs is 2. The van der Waals surface area contributed by atoms with Crippen molar-refractivity contribution in [2.45, 2.75) is 127 Å². The fourth-order valence-corrected chi connectivity index (χ4v) is 8.44. The molecule has 6 nitrogen and oxygen atoms in total. The Bertz CT molecular complexity index is 1460. The summed E-state index contributed by atoms with van der Waals surface area (Å²) >= 11 is 3.73. The van der Waals surface area contributed by atoms with Crippen molar-refractivity contribution >= 4 is 57.0 Å². The minimum Gasteiger partial charge on any atom is -0.481 e. The summed E-state index contributed by atoms with van der Waals surface area (Å²) in [4.78, 5) is 25.1. The number of hydrogen-bond acceptors (Lipinski definition) is 5. The van der Waals surface area contributed by atoms with Crippen LogP contribution in [0.5, 0.6) is 0 Å². The summed E-state index contributed by atoms with van der Waals surface area (Å²) in [5, 5.41) is 20.1. The molecule has 0 radical (unpaired) electrons. The first kappa shape index (κ1) is 36.7. The molecule has 0 fully saturated rings. The Morgan fingerprint density at radius 2 is 1.23 bits per heavy atom. The van der Waals surface area contributed by atoms with E-state index < -0.39 is 11.9 Å². The van der Waals surface area contributed by atoms with Gasteiger partial charge in [0.25, 0.3) is 5.01 Å². The number of unbranched alkanes of at least 4 members (excludes halogenated alkanes) is 14. The van der Waals surface area contributed by atoms with Crippen molar-refractivity contribution in [3.63, 3.8) is 0 Å². The quantitative estimate of drug-likeness (QED) is 0.0725. The molecule has 0 saturated carbocycles. The molecule has 2 N–H and O–H groups in total. The van der Waals surface area contributed by atoms with E-state index in [1.807, 2.05) is 23.1 Å². The number of aryl methyl sites for hydroxylation is 1. The number of allylic oxidation sites excluding steroid dienone is 2. The van der Waals surface area contributed by atoms with Crippen LogP contribution in [-0.2, 0) is 16.1 Å². The van der Waals surface area contributed by atoms with E-state index in [1.54, 1.807) is 0 Å². The zero-order valence-corrected chi connectivity index (χ0v) is 29.5. The largest absolute Gasteiger partial charge is 0.481 e. The summed E-state index contributed by atoms with van der Waals surface area (Å²) in [7, 11) is 0. The standard InChI is InChI=1S/C39H52N2O4S2/c42-38(43)28-13-9-5-1-3-7-11-19-30-40-32-22-15-17-24-34(32)46-36(40)26-21-27-37-41(33-23-16-18-25-35(33)47-37)31-20-12-8-4-2-6-10-14-29-39(44)45/h15-18,21-27H,1-14,19-20,28-31H2,(H-,42,43,44,45)/p+1. The SMILES string of the molecule is O=C(O)CCCCCCCCCCN1C(=CC=Cc2sc3ccccc3[n+]2CCCCCCCCCCC(=O)O)Sc2ccccc21. The molecule has 0 atom stereocenters. The van der Waals surface area contributed by atoms with Crippen molar-refractivity contribution in [1.82, 2.24) is 0 Å². The van der Waals surface area contributed by atoms with Gasteiger partial charge < -0.3 is 15.1 Å². The molecule has 47 heavy (non-hydrogen) atoms. The van der Waals surface area contributed by atoms with Crippen LogP contribution in [0.3, 0.4) is 0 Å². The van der Waals surface area contributed by atoms with Crippen LogP contribution in [0.15, 0.2) is 70.6 Å². The Morgan fingerprint density at radius 3 is 1.89 bits per heavy atom. The van der Waals surface area contributed by atoms with E-state index in [-0.39, 0.29) is 0 Å². The number of anilines is 1. The normalized spacial score (nSPS) is 13.7. The van der Waals surface area contributed by atoms with E-state index in [1.165, 1.54) is 82.2 Å². The lowest BCUT2D eigenvalue weighted by Crippen LogP contribution is -2.34. The Morgan fingerprint density at radius 1 is 0.681 bits per heavy atom. The van der Waals surface area contributed by atoms with Crippen LogP contribution in [0.4, 0.5) is 5.69 Å². The van der Waals surface area contributed by atoms with Crippen molar-refractivity contribution < 1.29 is 24.4 Å². The number of carboxylic acid groups (broad SMARTS) is 2. The average Bonchev–Trinajstić information content (AvgIpc) is 3.59. The number of para-hydroxylation sites is 2. The van der Waals surface area contributed by atoms with Gasteiger partial charge in [-0.15, -0.1) is 0 Å². The maximum atomic E-state index is 10.7. The predicted octanol–water partition coefficient (Wildman–Crippen LogP) is 10.8. The number of benzene rings is 2. The number of aliphatic carboxylic acids is 2. The lowest BCUT2D eigenvalue weighted by atomic mass is 10.1. The van der Waals surface area contributed by atoms with Crippen LogP contribution >= 0.6 is 23.1 Å². The molecule has 254 valence electrons. The molecule has 2 heterocycles. The fraction of sp³-hybridized carbons (Fsp3) is 0.513. The highest BCUT2D eigenvalue weighted by molar-refractivity contribution is 8.03. The topological polar surface area (TPSA) is 81.7 Å². The van der Waals surface area contributed by atoms with Crippen LogP contribution < -0.4 is 9.47 Å². The van der Waals surface area contributed by atoms with Gasteiger partial charge in [0.05, 0.1) is 10.7 Å². The second-order valence-corrected chi connectivity index (χ2v) is 14.7. The third kappa shape index (κ3) is 12.8. The monoisotopic (exact) mass is 677 g/mol. The molecule has 8 heteroatoms. The number of carboxylic acids is 2. The van der Waals surface area contributed by atoms with E-state index in [2.05, 4.69) is 76.2 Å². The van der Waals surface area contributed by atoms with Gasteiger partial charge in [-0.05, 0) is 50.0 Å². The first-order valence-electron chi connectivity index (χ1n) is 17.8. The minimum absolute atomic E-state index is 0.298. The highest BCUT2D eigenvalue weighted by atomic mass is 32.2. The molecule has 2 aromatic carbocycles. The molecular weight excluding hydrogens is 625 g/mol. The summed E-state index contributed by atoms with van der Waals surface area (Å²) in [6.45, 7) is 2.04. The Kier molecular flexibility index (Phi) is 16.4. The van der Waals surface area contributed by atoms with Gasteiger partial charge in [-0.3, -0.25) is 9.59 Å². The number of hydrogen-bond donors (Lipinski definition) is 2. The number of rotatable bonds is 24. The lowest BCUT2D eigenvalue weighted by molar-refractivity contribution is -0.669. The van der Waals surface area contributed by atoms with Crippen LogP contribution in [0.1, 0.15) is 121 Å². The molecule has 4 rings (SSSR count). The van der Waals surface area contributed by atoms with Gasteiger partial charge in [0.1, 0.15) is 4.70 Å². The molecule has 1 aliphatic rings. The van der Waals surface area contributed by atoms with Gasteiger partial charge in [0.2, 0.25) is 5.52 Å². The van der Waals surface area contributed by atoms with Gasteiger partial charge in [0.15, 0.2) is 6.54 Å². The number of thiazole rings is 1. The van der Waals surface area contributed by atoms with E-state index >= 15 is 0 Å². The van der Waals surface area contributed by atoms with Gasteiger partial charge in [-0.1, -0.05) is 124 Å². The Hall–Kier alpha value is -3.10. The third-order valence-electron chi connectivity index (χ3n) is 8.80. The molecule has 0 amide bonds. The van der Waals surface area contributed by atoms with Crippen molar-refractivity contribution in [1.29, 1.82) is 0 Å². The summed E-state index contributed by atoms with van der Waals surface area (Å²) in [5.41, 5.74) is 2.63. The van der Waals surface area contributed by atoms with Crippen molar-refractivity contribution in [2.75, 3.05) is 11.4 Å². The van der Waals surface area contributed by atoms with Gasteiger partial charge >= 0.3 is 11.9 Å². The number of carbonyl (C=O) groups is 2. The maximum absolute atomic E-state index is 10.7. The van der Waals surface area contributed by atoms with Crippen molar-refractivity contribution in [2.24, 2.45) is 0 Å². The van der Waals surface area contributed by atoms with Crippen LogP contribution in [-0.4, -0.2) is 28.7 Å². The van der Waals surface area contributed by atoms with Crippen LogP contribution in [0, 0.1) is 0 Å². The van der Waals surface area contributed by atoms with Crippen LogP contribution in [0.2, 0.25) is 0 Å². The maximum Gasteiger partial charge on any atom is 0.303 e. The van der Waals surface area contributed by atoms with Gasteiger partial charge in [-0.2, -0.15) is 4.57 Å². The summed E-state index contributed by atoms with van der Waals surface area (Å²) in [5.74, 6) is -1.37. The smallest absolute Gasteiger partial charge is 0.303 e. The molecule has 1 aliphatic heterocycles. The molecule has 0 spiro atoms. The second kappa shape index (κ2) is 21.0. The molecular formula is C39H53N2O4S2+. The first-order valence-corrected chi connectivity index (χ1v) is 19.4. The summed E-state index contributed by atoms with van der Waals surface area (Å²) < 4.78 is 3.81. The van der Waals surface area contributed by atoms with Gasteiger partial charge in [-0.25, -0.2) is 0 Å². The molecule has 1 aromatic heterocycles. The minimum atomic E-state index is -0.683. The highest BCUT2D eigenvalue weighted by Crippen LogP contribution is 2.46. The Labute approximate surface area is 289 Å². The average molecular weight is 678 g/mol. The molecule has 0 bridgehead atoms. The van der Waals surface area contributed by atoms with Crippen molar-refractivity contribution in [3.05, 3.63) is 70.7 Å². The number of nitrogens with zero attached hydrogens (tertiary/aromatic N) is 2. The van der Waals surface area contributed by atoms with Crippen LogP contribution in [0.25, 0.3) is 16.3 Å². The van der Waals surface area contributed by atoms with E-state index in [9.17, 15) is 9.59 Å².